The number of nitrogens with one attached hydrogen (secondary N) is 1. The molecule has 7 nitrogen and oxygen atoms in total. The SMILES string of the molecule is CCOc1cccc(NC(=O)c2cccn2C2CCN(C(=O)OC(C)(C)C)CC2)c1. The molecule has 0 aliphatic carbocycles. The number of carbonyl (C=O) groups is 2. The van der Waals surface area contributed by atoms with E-state index in [9.17, 15) is 9.59 Å². The minimum absolute atomic E-state index is 0.161. The number of hydrogen-bond donors (Lipinski definition) is 1. The van der Waals surface area contributed by atoms with Gasteiger partial charge in [0.1, 0.15) is 17.0 Å². The molecular weight excluding hydrogens is 382 g/mol. The predicted octanol–water partition coefficient (Wildman–Crippen LogP) is 4.71. The number of aromatic nitrogens is 1. The Kier molecular flexibility index (Phi) is 6.70. The molecule has 1 fully saturated rings. The van der Waals surface area contributed by atoms with Crippen LogP contribution in [0.4, 0.5) is 10.5 Å². The van der Waals surface area contributed by atoms with Gasteiger partial charge in [0.25, 0.3) is 5.91 Å². The molecule has 7 heteroatoms. The molecule has 0 spiro atoms. The second-order valence-corrected chi connectivity index (χ2v) is 8.41. The van der Waals surface area contributed by atoms with Gasteiger partial charge < -0.3 is 24.3 Å². The third-order valence-electron chi connectivity index (χ3n) is 4.92. The average molecular weight is 414 g/mol. The fraction of sp³-hybridized carbons (Fsp3) is 0.478. The maximum atomic E-state index is 12.9. The van der Waals surface area contributed by atoms with E-state index in [0.717, 1.165) is 18.6 Å². The zero-order valence-corrected chi connectivity index (χ0v) is 18.2. The van der Waals surface area contributed by atoms with Crippen molar-refractivity contribution >= 4 is 17.7 Å². The van der Waals surface area contributed by atoms with Crippen molar-refractivity contribution in [2.24, 2.45) is 0 Å². The molecule has 0 atom stereocenters. The normalized spacial score (nSPS) is 15.0. The van der Waals surface area contributed by atoms with Crippen molar-refractivity contribution in [1.29, 1.82) is 0 Å². The van der Waals surface area contributed by atoms with Gasteiger partial charge >= 0.3 is 6.09 Å². The van der Waals surface area contributed by atoms with Crippen LogP contribution in [0.25, 0.3) is 0 Å². The molecule has 0 unspecified atom stereocenters. The van der Waals surface area contributed by atoms with Crippen molar-refractivity contribution in [3.05, 3.63) is 48.3 Å². The average Bonchev–Trinajstić information content (AvgIpc) is 3.17. The number of rotatable bonds is 5. The van der Waals surface area contributed by atoms with E-state index in [2.05, 4.69) is 5.32 Å². The minimum Gasteiger partial charge on any atom is -0.494 e. The van der Waals surface area contributed by atoms with E-state index in [1.54, 1.807) is 4.90 Å². The van der Waals surface area contributed by atoms with Crippen molar-refractivity contribution in [2.75, 3.05) is 25.0 Å². The van der Waals surface area contributed by atoms with E-state index in [0.29, 0.717) is 31.1 Å². The Labute approximate surface area is 178 Å². The summed E-state index contributed by atoms with van der Waals surface area (Å²) in [4.78, 5) is 26.9. The number of amides is 2. The van der Waals surface area contributed by atoms with Crippen LogP contribution in [0.2, 0.25) is 0 Å². The second kappa shape index (κ2) is 9.24. The number of hydrogen-bond acceptors (Lipinski definition) is 4. The van der Waals surface area contributed by atoms with Crippen LogP contribution in [-0.4, -0.2) is 46.8 Å². The molecule has 1 aliphatic heterocycles. The quantitative estimate of drug-likeness (QED) is 0.770. The second-order valence-electron chi connectivity index (χ2n) is 8.41. The van der Waals surface area contributed by atoms with Crippen LogP contribution in [0.1, 0.15) is 57.1 Å². The largest absolute Gasteiger partial charge is 0.494 e. The molecule has 1 N–H and O–H groups in total. The van der Waals surface area contributed by atoms with E-state index in [-0.39, 0.29) is 18.0 Å². The van der Waals surface area contributed by atoms with Gasteiger partial charge in [-0.3, -0.25) is 4.79 Å². The Morgan fingerprint density at radius 3 is 2.53 bits per heavy atom. The number of nitrogens with zero attached hydrogens (tertiary/aromatic N) is 2. The standard InChI is InChI=1S/C23H31N3O4/c1-5-29-19-9-6-8-17(16-19)24-21(27)20-10-7-13-26(20)18-11-14-25(15-12-18)22(28)30-23(2,3)4/h6-10,13,16,18H,5,11-12,14-15H2,1-4H3,(H,24,27). The molecule has 2 heterocycles. The summed E-state index contributed by atoms with van der Waals surface area (Å²) in [5.41, 5.74) is 0.796. The number of ether oxygens (including phenoxy) is 2. The molecule has 2 aromatic rings. The van der Waals surface area contributed by atoms with Crippen LogP contribution in [0, 0.1) is 0 Å². The van der Waals surface area contributed by atoms with Gasteiger partial charge in [0, 0.05) is 37.1 Å². The van der Waals surface area contributed by atoms with Gasteiger partial charge in [-0.2, -0.15) is 0 Å². The highest BCUT2D eigenvalue weighted by Crippen LogP contribution is 2.26. The number of anilines is 1. The zero-order valence-electron chi connectivity index (χ0n) is 18.2. The molecule has 1 aliphatic rings. The molecule has 30 heavy (non-hydrogen) atoms. The van der Waals surface area contributed by atoms with E-state index >= 15 is 0 Å². The number of benzene rings is 1. The molecule has 2 amide bonds. The van der Waals surface area contributed by atoms with Gasteiger partial charge in [-0.05, 0) is 64.8 Å². The summed E-state index contributed by atoms with van der Waals surface area (Å²) in [6.07, 6.45) is 3.20. The Morgan fingerprint density at radius 2 is 1.87 bits per heavy atom. The summed E-state index contributed by atoms with van der Waals surface area (Å²) in [6, 6.07) is 11.2. The molecule has 1 aromatic carbocycles. The first-order valence-electron chi connectivity index (χ1n) is 10.5. The first-order chi connectivity index (χ1) is 14.3. The van der Waals surface area contributed by atoms with Gasteiger partial charge in [0.2, 0.25) is 0 Å². The van der Waals surface area contributed by atoms with E-state index in [4.69, 9.17) is 9.47 Å². The van der Waals surface area contributed by atoms with Crippen molar-refractivity contribution in [3.63, 3.8) is 0 Å². The molecule has 0 saturated carbocycles. The zero-order chi connectivity index (χ0) is 21.7. The highest BCUT2D eigenvalue weighted by atomic mass is 16.6. The van der Waals surface area contributed by atoms with Crippen LogP contribution in [-0.2, 0) is 4.74 Å². The number of piperidine rings is 1. The first kappa shape index (κ1) is 21.7. The third kappa shape index (κ3) is 5.55. The Hall–Kier alpha value is -2.96. The number of carbonyl (C=O) groups excluding carboxylic acids is 2. The van der Waals surface area contributed by atoms with Crippen molar-refractivity contribution in [3.8, 4) is 5.75 Å². The fourth-order valence-electron chi connectivity index (χ4n) is 3.58. The van der Waals surface area contributed by atoms with Crippen LogP contribution < -0.4 is 10.1 Å². The highest BCUT2D eigenvalue weighted by molar-refractivity contribution is 6.03. The van der Waals surface area contributed by atoms with Crippen LogP contribution in [0.3, 0.4) is 0 Å². The lowest BCUT2D eigenvalue weighted by Crippen LogP contribution is -2.42. The Bertz CT molecular complexity index is 877. The van der Waals surface area contributed by atoms with Crippen molar-refractivity contribution in [1.82, 2.24) is 9.47 Å². The predicted molar refractivity (Wildman–Crippen MR) is 116 cm³/mol. The Balaban J connectivity index is 1.62. The first-order valence-corrected chi connectivity index (χ1v) is 10.5. The van der Waals surface area contributed by atoms with Gasteiger partial charge in [-0.15, -0.1) is 0 Å². The smallest absolute Gasteiger partial charge is 0.410 e. The lowest BCUT2D eigenvalue weighted by molar-refractivity contribution is 0.0187. The van der Waals surface area contributed by atoms with E-state index in [1.165, 1.54) is 0 Å². The topological polar surface area (TPSA) is 72.8 Å². The fourth-order valence-corrected chi connectivity index (χ4v) is 3.58. The van der Waals surface area contributed by atoms with E-state index < -0.39 is 5.60 Å². The van der Waals surface area contributed by atoms with Crippen molar-refractivity contribution < 1.29 is 19.1 Å². The summed E-state index contributed by atoms with van der Waals surface area (Å²) >= 11 is 0. The van der Waals surface area contributed by atoms with Gasteiger partial charge in [0.05, 0.1) is 6.61 Å². The lowest BCUT2D eigenvalue weighted by atomic mass is 10.0. The van der Waals surface area contributed by atoms with Crippen LogP contribution >= 0.6 is 0 Å². The highest BCUT2D eigenvalue weighted by Gasteiger charge is 2.28. The molecule has 0 bridgehead atoms. The maximum Gasteiger partial charge on any atom is 0.410 e. The van der Waals surface area contributed by atoms with Crippen LogP contribution in [0.15, 0.2) is 42.6 Å². The molecular formula is C23H31N3O4. The monoisotopic (exact) mass is 413 g/mol. The molecule has 1 saturated heterocycles. The molecule has 3 rings (SSSR count). The minimum atomic E-state index is -0.501. The summed E-state index contributed by atoms with van der Waals surface area (Å²) < 4.78 is 13.0. The van der Waals surface area contributed by atoms with Crippen molar-refractivity contribution in [2.45, 2.75) is 52.2 Å². The molecule has 1 aromatic heterocycles. The lowest BCUT2D eigenvalue weighted by Gasteiger charge is -2.34. The van der Waals surface area contributed by atoms with E-state index in [1.807, 2.05) is 74.9 Å². The van der Waals surface area contributed by atoms with Gasteiger partial charge in [0.15, 0.2) is 0 Å². The molecule has 0 radical (unpaired) electrons. The summed E-state index contributed by atoms with van der Waals surface area (Å²) in [6.45, 7) is 9.31. The maximum absolute atomic E-state index is 12.9. The summed E-state index contributed by atoms with van der Waals surface area (Å²) in [7, 11) is 0. The van der Waals surface area contributed by atoms with Gasteiger partial charge in [-0.1, -0.05) is 6.07 Å². The Morgan fingerprint density at radius 1 is 1.13 bits per heavy atom. The molecule has 162 valence electrons. The van der Waals surface area contributed by atoms with Crippen LogP contribution in [0.5, 0.6) is 5.75 Å². The third-order valence-corrected chi connectivity index (χ3v) is 4.92. The summed E-state index contributed by atoms with van der Waals surface area (Å²) in [5.74, 6) is 0.559. The summed E-state index contributed by atoms with van der Waals surface area (Å²) in [5, 5.41) is 2.95. The number of likely N-dealkylation sites (tertiary alicyclic amines) is 1. The van der Waals surface area contributed by atoms with Gasteiger partial charge in [-0.25, -0.2) is 4.79 Å².